The van der Waals surface area contributed by atoms with Gasteiger partial charge < -0.3 is 10.6 Å². The lowest BCUT2D eigenvalue weighted by Crippen LogP contribution is -2.28. The maximum absolute atomic E-state index is 5.41. The van der Waals surface area contributed by atoms with Gasteiger partial charge in [-0.15, -0.1) is 0 Å². The van der Waals surface area contributed by atoms with E-state index in [-0.39, 0.29) is 0 Å². The van der Waals surface area contributed by atoms with Crippen LogP contribution in [0.25, 0.3) is 0 Å². The van der Waals surface area contributed by atoms with Gasteiger partial charge >= 0.3 is 0 Å². The Labute approximate surface area is 81.8 Å². The molecule has 1 aliphatic heterocycles. The summed E-state index contributed by atoms with van der Waals surface area (Å²) in [6, 6.07) is 0.805. The Kier molecular flexibility index (Phi) is 5.09. The molecule has 1 atom stereocenters. The number of likely N-dealkylation sites (tertiary alicyclic amines) is 1. The van der Waals surface area contributed by atoms with Crippen LogP contribution in [0.5, 0.6) is 0 Å². The summed E-state index contributed by atoms with van der Waals surface area (Å²) in [5, 5.41) is 0. The fourth-order valence-corrected chi connectivity index (χ4v) is 2.05. The second kappa shape index (κ2) is 6.17. The SMILES string of the molecule is CCN1CCCC1C/C=C\CCN. The highest BCUT2D eigenvalue weighted by atomic mass is 15.2. The summed E-state index contributed by atoms with van der Waals surface area (Å²) >= 11 is 0. The molecule has 13 heavy (non-hydrogen) atoms. The van der Waals surface area contributed by atoms with Crippen molar-refractivity contribution < 1.29 is 0 Å². The maximum Gasteiger partial charge on any atom is 0.0130 e. The van der Waals surface area contributed by atoms with Crippen molar-refractivity contribution in [3.8, 4) is 0 Å². The molecule has 0 spiro atoms. The van der Waals surface area contributed by atoms with E-state index in [1.54, 1.807) is 0 Å². The molecule has 1 fully saturated rings. The summed E-state index contributed by atoms with van der Waals surface area (Å²) in [7, 11) is 0. The lowest BCUT2D eigenvalue weighted by molar-refractivity contribution is 0.269. The molecule has 0 aromatic carbocycles. The van der Waals surface area contributed by atoms with Crippen molar-refractivity contribution in [3.05, 3.63) is 12.2 Å². The van der Waals surface area contributed by atoms with Gasteiger partial charge in [-0.2, -0.15) is 0 Å². The lowest BCUT2D eigenvalue weighted by atomic mass is 10.1. The first-order valence-electron chi connectivity index (χ1n) is 5.47. The van der Waals surface area contributed by atoms with Crippen LogP contribution in [0.4, 0.5) is 0 Å². The quantitative estimate of drug-likeness (QED) is 0.657. The van der Waals surface area contributed by atoms with Crippen LogP contribution in [0.3, 0.4) is 0 Å². The molecule has 0 saturated carbocycles. The third-order valence-electron chi connectivity index (χ3n) is 2.81. The van der Waals surface area contributed by atoms with Gasteiger partial charge in [0.15, 0.2) is 0 Å². The fourth-order valence-electron chi connectivity index (χ4n) is 2.05. The molecule has 76 valence electrons. The number of rotatable bonds is 5. The summed E-state index contributed by atoms with van der Waals surface area (Å²) in [5.74, 6) is 0. The second-order valence-corrected chi connectivity index (χ2v) is 3.71. The Morgan fingerprint density at radius 2 is 2.31 bits per heavy atom. The monoisotopic (exact) mass is 182 g/mol. The van der Waals surface area contributed by atoms with Crippen molar-refractivity contribution in [2.45, 2.75) is 38.6 Å². The molecule has 0 bridgehead atoms. The molecule has 1 unspecified atom stereocenters. The van der Waals surface area contributed by atoms with Gasteiger partial charge in [0.2, 0.25) is 0 Å². The van der Waals surface area contributed by atoms with E-state index in [1.807, 2.05) is 0 Å². The zero-order chi connectivity index (χ0) is 9.52. The van der Waals surface area contributed by atoms with Crippen molar-refractivity contribution >= 4 is 0 Å². The summed E-state index contributed by atoms with van der Waals surface area (Å²) < 4.78 is 0. The molecule has 0 aromatic rings. The molecule has 1 saturated heterocycles. The Bertz CT molecular complexity index is 154. The van der Waals surface area contributed by atoms with Gasteiger partial charge in [-0.3, -0.25) is 0 Å². The molecule has 0 radical (unpaired) electrons. The molecule has 0 aromatic heterocycles. The Morgan fingerprint density at radius 1 is 1.46 bits per heavy atom. The average molecular weight is 182 g/mol. The normalized spacial score (nSPS) is 24.6. The van der Waals surface area contributed by atoms with E-state index >= 15 is 0 Å². The first-order valence-corrected chi connectivity index (χ1v) is 5.47. The van der Waals surface area contributed by atoms with E-state index in [1.165, 1.54) is 32.4 Å². The first-order chi connectivity index (χ1) is 6.38. The van der Waals surface area contributed by atoms with Gasteiger partial charge in [0.25, 0.3) is 0 Å². The molecule has 2 N–H and O–H groups in total. The van der Waals surface area contributed by atoms with E-state index < -0.39 is 0 Å². The standard InChI is InChI=1S/C11H22N2/c1-2-13-10-6-8-11(13)7-4-3-5-9-12/h3-4,11H,2,5-10,12H2,1H3/b4-3-. The van der Waals surface area contributed by atoms with E-state index in [0.717, 1.165) is 19.0 Å². The van der Waals surface area contributed by atoms with Gasteiger partial charge in [0.05, 0.1) is 0 Å². The van der Waals surface area contributed by atoms with E-state index in [4.69, 9.17) is 5.73 Å². The minimum absolute atomic E-state index is 0.776. The smallest absolute Gasteiger partial charge is 0.0130 e. The molecular formula is C11H22N2. The highest BCUT2D eigenvalue weighted by Crippen LogP contribution is 2.19. The third kappa shape index (κ3) is 3.49. The highest BCUT2D eigenvalue weighted by molar-refractivity contribution is 4.89. The minimum Gasteiger partial charge on any atom is -0.330 e. The van der Waals surface area contributed by atoms with Crippen LogP contribution in [0.2, 0.25) is 0 Å². The largest absolute Gasteiger partial charge is 0.330 e. The molecule has 1 aliphatic rings. The van der Waals surface area contributed by atoms with Crippen LogP contribution < -0.4 is 5.73 Å². The fraction of sp³-hybridized carbons (Fsp3) is 0.818. The Hall–Kier alpha value is -0.340. The Morgan fingerprint density at radius 3 is 3.00 bits per heavy atom. The minimum atomic E-state index is 0.776. The average Bonchev–Trinajstić information content (AvgIpc) is 2.60. The van der Waals surface area contributed by atoms with Gasteiger partial charge in [-0.25, -0.2) is 0 Å². The number of hydrogen-bond donors (Lipinski definition) is 1. The molecular weight excluding hydrogens is 160 g/mol. The van der Waals surface area contributed by atoms with E-state index in [2.05, 4.69) is 24.0 Å². The van der Waals surface area contributed by atoms with Crippen LogP contribution in [0.15, 0.2) is 12.2 Å². The summed E-state index contributed by atoms with van der Waals surface area (Å²) in [6.07, 6.45) is 9.51. The van der Waals surface area contributed by atoms with Crippen LogP contribution in [0.1, 0.15) is 32.6 Å². The van der Waals surface area contributed by atoms with Crippen LogP contribution in [-0.2, 0) is 0 Å². The molecule has 2 heteroatoms. The lowest BCUT2D eigenvalue weighted by Gasteiger charge is -2.21. The van der Waals surface area contributed by atoms with Gasteiger partial charge in [-0.05, 0) is 45.3 Å². The number of nitrogens with two attached hydrogens (primary N) is 1. The molecule has 0 aliphatic carbocycles. The maximum atomic E-state index is 5.41. The topological polar surface area (TPSA) is 29.3 Å². The second-order valence-electron chi connectivity index (χ2n) is 3.71. The van der Waals surface area contributed by atoms with Crippen molar-refractivity contribution in [1.29, 1.82) is 0 Å². The molecule has 2 nitrogen and oxygen atoms in total. The zero-order valence-corrected chi connectivity index (χ0v) is 8.71. The third-order valence-corrected chi connectivity index (χ3v) is 2.81. The summed E-state index contributed by atoms with van der Waals surface area (Å²) in [5.41, 5.74) is 5.41. The van der Waals surface area contributed by atoms with Gasteiger partial charge in [0.1, 0.15) is 0 Å². The predicted molar refractivity (Wildman–Crippen MR) is 57.7 cm³/mol. The van der Waals surface area contributed by atoms with E-state index in [0.29, 0.717) is 0 Å². The molecule has 1 rings (SSSR count). The van der Waals surface area contributed by atoms with Crippen LogP contribution in [-0.4, -0.2) is 30.6 Å². The van der Waals surface area contributed by atoms with Gasteiger partial charge in [-0.1, -0.05) is 19.1 Å². The summed E-state index contributed by atoms with van der Waals surface area (Å²) in [6.45, 7) is 5.53. The van der Waals surface area contributed by atoms with Crippen molar-refractivity contribution in [2.75, 3.05) is 19.6 Å². The molecule has 1 heterocycles. The van der Waals surface area contributed by atoms with Crippen molar-refractivity contribution in [1.82, 2.24) is 4.90 Å². The molecule has 0 amide bonds. The van der Waals surface area contributed by atoms with Crippen LogP contribution >= 0.6 is 0 Å². The highest BCUT2D eigenvalue weighted by Gasteiger charge is 2.20. The number of hydrogen-bond acceptors (Lipinski definition) is 2. The van der Waals surface area contributed by atoms with Crippen LogP contribution in [0, 0.1) is 0 Å². The zero-order valence-electron chi connectivity index (χ0n) is 8.71. The summed E-state index contributed by atoms with van der Waals surface area (Å²) in [4.78, 5) is 2.58. The Balaban J connectivity index is 2.19. The van der Waals surface area contributed by atoms with Gasteiger partial charge in [0, 0.05) is 6.04 Å². The van der Waals surface area contributed by atoms with Crippen molar-refractivity contribution in [3.63, 3.8) is 0 Å². The van der Waals surface area contributed by atoms with E-state index in [9.17, 15) is 0 Å². The number of nitrogens with zero attached hydrogens (tertiary/aromatic N) is 1. The first kappa shape index (κ1) is 10.7. The predicted octanol–water partition coefficient (Wildman–Crippen LogP) is 1.77. The van der Waals surface area contributed by atoms with Crippen molar-refractivity contribution in [2.24, 2.45) is 5.73 Å².